The fraction of sp³-hybridized carbons (Fsp3) is 0.933. The number of nitrogens with one attached hydrogen (secondary N) is 2. The summed E-state index contributed by atoms with van der Waals surface area (Å²) in [5, 5.41) is 47.0. The highest BCUT2D eigenvalue weighted by Gasteiger charge is 2.48. The molecule has 1 saturated heterocycles. The Labute approximate surface area is 341 Å². The molecule has 2 amide bonds. The Morgan fingerprint density at radius 3 is 1.50 bits per heavy atom. The molecule has 1 heterocycles. The summed E-state index contributed by atoms with van der Waals surface area (Å²) in [5.74, 6) is -1.33. The zero-order valence-corrected chi connectivity index (χ0v) is 36.2. The summed E-state index contributed by atoms with van der Waals surface area (Å²) in [4.78, 5) is 39.8. The second kappa shape index (κ2) is 35.2. The van der Waals surface area contributed by atoms with Crippen LogP contribution in [0.15, 0.2) is 0 Å². The Bertz CT molecular complexity index is 972. The molecule has 56 heavy (non-hydrogen) atoms. The van der Waals surface area contributed by atoms with Crippen molar-refractivity contribution in [1.29, 1.82) is 0 Å². The maximum atomic E-state index is 14.0. The predicted octanol–water partition coefficient (Wildman–Crippen LogP) is 8.54. The van der Waals surface area contributed by atoms with E-state index < -0.39 is 55.1 Å². The number of hydrogen-bond acceptors (Lipinski definition) is 8. The number of aliphatic hydroxyl groups is 3. The Balaban J connectivity index is 2.76. The molecule has 6 N–H and O–H groups in total. The lowest BCUT2D eigenvalue weighted by molar-refractivity contribution is -0.231. The number of aliphatic hydroxyl groups excluding tert-OH is 3. The number of ether oxygens (including phenoxy) is 1. The lowest BCUT2D eigenvalue weighted by atomic mass is 9.94. The average Bonchev–Trinajstić information content (AvgIpc) is 3.18. The summed E-state index contributed by atoms with van der Waals surface area (Å²) < 4.78 is 6.17. The van der Waals surface area contributed by atoms with Crippen molar-refractivity contribution in [1.82, 2.24) is 15.5 Å². The normalized spacial score (nSPS) is 20.2. The number of rotatable bonds is 38. The number of carboxylic acid groups (broad SMARTS) is 1. The highest BCUT2D eigenvalue weighted by atomic mass is 16.5. The van der Waals surface area contributed by atoms with E-state index in [0.29, 0.717) is 32.4 Å². The minimum atomic E-state index is -1.45. The smallest absolute Gasteiger partial charge is 0.303 e. The number of carbonyl (C=O) groups excluding carboxylic acids is 2. The lowest BCUT2D eigenvalue weighted by Crippen LogP contribution is -2.69. The molecule has 0 aromatic heterocycles. The first-order chi connectivity index (χ1) is 27.2. The van der Waals surface area contributed by atoms with Crippen molar-refractivity contribution in [3.05, 3.63) is 0 Å². The second-order valence-electron chi connectivity index (χ2n) is 16.6. The minimum Gasteiger partial charge on any atom is -0.481 e. The second-order valence-corrected chi connectivity index (χ2v) is 16.6. The Morgan fingerprint density at radius 2 is 1.04 bits per heavy atom. The van der Waals surface area contributed by atoms with Gasteiger partial charge in [0.15, 0.2) is 6.23 Å². The largest absolute Gasteiger partial charge is 0.481 e. The van der Waals surface area contributed by atoms with Gasteiger partial charge in [-0.15, -0.1) is 0 Å². The van der Waals surface area contributed by atoms with E-state index in [1.54, 1.807) is 11.8 Å². The van der Waals surface area contributed by atoms with E-state index in [1.165, 1.54) is 116 Å². The molecular formula is C45H87N3O8. The number of nitrogens with zero attached hydrogens (tertiary/aromatic N) is 1. The number of hydrogen-bond donors (Lipinski definition) is 6. The van der Waals surface area contributed by atoms with Gasteiger partial charge in [0.2, 0.25) is 11.8 Å². The van der Waals surface area contributed by atoms with Crippen molar-refractivity contribution in [2.45, 2.75) is 250 Å². The van der Waals surface area contributed by atoms with E-state index in [0.717, 1.165) is 51.4 Å². The van der Waals surface area contributed by atoms with Gasteiger partial charge in [-0.2, -0.15) is 0 Å². The molecule has 11 nitrogen and oxygen atoms in total. The third kappa shape index (κ3) is 24.9. The van der Waals surface area contributed by atoms with E-state index in [4.69, 9.17) is 9.84 Å². The van der Waals surface area contributed by atoms with Gasteiger partial charge in [0.25, 0.3) is 0 Å². The first-order valence-corrected chi connectivity index (χ1v) is 23.3. The van der Waals surface area contributed by atoms with Gasteiger partial charge in [-0.05, 0) is 39.2 Å². The SMILES string of the molecule is CCCCCCCCCCCCCCCCCC(=O)N(CCCCCCCCCCCC)[C@@H]1O[C@H](CO)[C@@H](O)[C@H](O)[C@@H]1NC(=O)[C@H](C)NCCCCCC(=O)O. The molecule has 1 fully saturated rings. The average molecular weight is 798 g/mol. The minimum absolute atomic E-state index is 0.104. The summed E-state index contributed by atoms with van der Waals surface area (Å²) in [6.07, 6.45) is 27.5. The molecule has 0 aliphatic carbocycles. The summed E-state index contributed by atoms with van der Waals surface area (Å²) in [6.45, 7) is 6.57. The van der Waals surface area contributed by atoms with Gasteiger partial charge in [-0.1, -0.05) is 168 Å². The molecule has 1 rings (SSSR count). The quantitative estimate of drug-likeness (QED) is 0.0336. The number of carboxylic acids is 1. The molecular weight excluding hydrogens is 711 g/mol. The summed E-state index contributed by atoms with van der Waals surface area (Å²) in [5.41, 5.74) is 0. The van der Waals surface area contributed by atoms with Gasteiger partial charge in [0, 0.05) is 19.4 Å². The molecule has 0 spiro atoms. The van der Waals surface area contributed by atoms with Gasteiger partial charge in [-0.25, -0.2) is 0 Å². The van der Waals surface area contributed by atoms with Crippen LogP contribution in [0.2, 0.25) is 0 Å². The Hall–Kier alpha value is -1.79. The van der Waals surface area contributed by atoms with Gasteiger partial charge in [0.1, 0.15) is 24.4 Å². The van der Waals surface area contributed by atoms with Crippen molar-refractivity contribution in [3.8, 4) is 0 Å². The molecule has 330 valence electrons. The lowest BCUT2D eigenvalue weighted by Gasteiger charge is -2.47. The molecule has 0 radical (unpaired) electrons. The number of amides is 2. The molecule has 0 aromatic carbocycles. The third-order valence-corrected chi connectivity index (χ3v) is 11.5. The van der Waals surface area contributed by atoms with Gasteiger partial charge < -0.3 is 40.7 Å². The van der Waals surface area contributed by atoms with E-state index >= 15 is 0 Å². The van der Waals surface area contributed by atoms with E-state index in [1.807, 2.05) is 0 Å². The van der Waals surface area contributed by atoms with Crippen LogP contribution in [0.4, 0.5) is 0 Å². The van der Waals surface area contributed by atoms with E-state index in [9.17, 15) is 29.7 Å². The standard InChI is InChI=1S/C45H87N3O8/c1-4-6-8-10-12-14-16-17-18-19-20-21-23-25-28-32-39(50)48(35-31-26-24-22-15-13-11-9-7-5-2)45-41(43(54)42(53)38(36-49)56-45)47-44(55)37(3)46-34-30-27-29-33-40(51)52/h37-38,41-43,45-46,49,53-54H,4-36H2,1-3H3,(H,47,55)(H,51,52)/t37-,38+,41-,42+,43+,45+/m0/s1. The van der Waals surface area contributed by atoms with Gasteiger partial charge >= 0.3 is 5.97 Å². The van der Waals surface area contributed by atoms with Crippen LogP contribution in [0.3, 0.4) is 0 Å². The fourth-order valence-electron chi connectivity index (χ4n) is 7.75. The Morgan fingerprint density at radius 1 is 0.607 bits per heavy atom. The van der Waals surface area contributed by atoms with Crippen molar-refractivity contribution in [2.75, 3.05) is 19.7 Å². The molecule has 6 atom stereocenters. The molecule has 0 bridgehead atoms. The molecule has 0 aromatic rings. The predicted molar refractivity (Wildman–Crippen MR) is 226 cm³/mol. The van der Waals surface area contributed by atoms with Crippen molar-refractivity contribution < 1.29 is 39.5 Å². The molecule has 11 heteroatoms. The molecule has 0 saturated carbocycles. The van der Waals surface area contributed by atoms with Crippen LogP contribution >= 0.6 is 0 Å². The topological polar surface area (TPSA) is 169 Å². The van der Waals surface area contributed by atoms with Crippen LogP contribution in [0.25, 0.3) is 0 Å². The zero-order chi connectivity index (χ0) is 41.2. The van der Waals surface area contributed by atoms with Crippen molar-refractivity contribution in [2.24, 2.45) is 0 Å². The number of aliphatic carboxylic acids is 1. The van der Waals surface area contributed by atoms with Crippen LogP contribution in [0, 0.1) is 0 Å². The zero-order valence-electron chi connectivity index (χ0n) is 36.2. The van der Waals surface area contributed by atoms with Gasteiger partial charge in [-0.3, -0.25) is 14.4 Å². The molecule has 1 aliphatic heterocycles. The number of unbranched alkanes of at least 4 members (excludes halogenated alkanes) is 25. The van der Waals surface area contributed by atoms with E-state index in [2.05, 4.69) is 24.5 Å². The van der Waals surface area contributed by atoms with Crippen molar-refractivity contribution in [3.63, 3.8) is 0 Å². The summed E-state index contributed by atoms with van der Waals surface area (Å²) in [7, 11) is 0. The molecule has 0 unspecified atom stereocenters. The maximum Gasteiger partial charge on any atom is 0.303 e. The van der Waals surface area contributed by atoms with Crippen LogP contribution in [0.5, 0.6) is 0 Å². The maximum absolute atomic E-state index is 14.0. The first-order valence-electron chi connectivity index (χ1n) is 23.3. The monoisotopic (exact) mass is 798 g/mol. The fourth-order valence-corrected chi connectivity index (χ4v) is 7.75. The molecule has 1 aliphatic rings. The summed E-state index contributed by atoms with van der Waals surface area (Å²) in [6, 6.07) is -1.73. The van der Waals surface area contributed by atoms with Crippen molar-refractivity contribution >= 4 is 17.8 Å². The Kier molecular flexibility index (Phi) is 32.8. The van der Waals surface area contributed by atoms with Gasteiger partial charge in [0.05, 0.1) is 12.6 Å². The number of carbonyl (C=O) groups is 3. The first kappa shape index (κ1) is 52.2. The van der Waals surface area contributed by atoms with Crippen LogP contribution in [-0.2, 0) is 19.1 Å². The van der Waals surface area contributed by atoms with E-state index in [-0.39, 0.29) is 12.3 Å². The highest BCUT2D eigenvalue weighted by molar-refractivity contribution is 5.82. The summed E-state index contributed by atoms with van der Waals surface area (Å²) >= 11 is 0. The van der Waals surface area contributed by atoms with Crippen LogP contribution in [0.1, 0.15) is 213 Å². The third-order valence-electron chi connectivity index (χ3n) is 11.5. The van der Waals surface area contributed by atoms with Crippen LogP contribution in [-0.4, -0.2) is 99.4 Å². The highest BCUT2D eigenvalue weighted by Crippen LogP contribution is 2.26. The van der Waals surface area contributed by atoms with Crippen LogP contribution < -0.4 is 10.6 Å².